The van der Waals surface area contributed by atoms with Crippen molar-refractivity contribution in [2.45, 2.75) is 25.7 Å². The molecule has 3 N–H and O–H groups in total. The average molecular weight is 309 g/mol. The molecule has 0 aliphatic heterocycles. The Morgan fingerprint density at radius 2 is 1.78 bits per heavy atom. The molecule has 3 rings (SSSR count). The predicted molar refractivity (Wildman–Crippen MR) is 92.0 cm³/mol. The first kappa shape index (κ1) is 15.7. The topological polar surface area (TPSA) is 68.0 Å². The number of amides is 1. The summed E-state index contributed by atoms with van der Waals surface area (Å²) >= 11 is 0. The van der Waals surface area contributed by atoms with Crippen LogP contribution in [0.2, 0.25) is 0 Å². The van der Waals surface area contributed by atoms with Gasteiger partial charge in [-0.05, 0) is 67.1 Å². The summed E-state index contributed by atoms with van der Waals surface area (Å²) in [6.07, 6.45) is 7.60. The lowest BCUT2D eigenvalue weighted by Crippen LogP contribution is -2.29. The third-order valence-electron chi connectivity index (χ3n) is 4.68. The maximum Gasteiger partial charge on any atom is 0.227 e. The molecule has 1 heterocycles. The van der Waals surface area contributed by atoms with E-state index in [9.17, 15) is 4.79 Å². The summed E-state index contributed by atoms with van der Waals surface area (Å²) in [6, 6.07) is 12.1. The molecular weight excluding hydrogens is 286 g/mol. The molecule has 1 amide bonds. The number of nitrogens with two attached hydrogens (primary N) is 1. The van der Waals surface area contributed by atoms with Crippen molar-refractivity contribution in [3.05, 3.63) is 59.9 Å². The molecule has 1 fully saturated rings. The SMILES string of the molecule is NC[C@H]1CCC[C@H]1C(=O)Nc1ccc(Cc2ccncc2)cc1. The van der Waals surface area contributed by atoms with Crippen LogP contribution in [0, 0.1) is 11.8 Å². The second-order valence-corrected chi connectivity index (χ2v) is 6.25. The van der Waals surface area contributed by atoms with Gasteiger partial charge in [0.05, 0.1) is 0 Å². The minimum Gasteiger partial charge on any atom is -0.330 e. The maximum absolute atomic E-state index is 12.4. The quantitative estimate of drug-likeness (QED) is 0.892. The van der Waals surface area contributed by atoms with E-state index in [1.807, 2.05) is 24.3 Å². The Balaban J connectivity index is 1.60. The van der Waals surface area contributed by atoms with Crippen molar-refractivity contribution >= 4 is 11.6 Å². The smallest absolute Gasteiger partial charge is 0.227 e. The molecule has 2 aromatic rings. The molecule has 4 heteroatoms. The molecule has 0 saturated heterocycles. The number of nitrogens with zero attached hydrogens (tertiary/aromatic N) is 1. The van der Waals surface area contributed by atoms with Crippen molar-refractivity contribution in [2.24, 2.45) is 17.6 Å². The Morgan fingerprint density at radius 1 is 1.09 bits per heavy atom. The lowest BCUT2D eigenvalue weighted by Gasteiger charge is -2.17. The van der Waals surface area contributed by atoms with Crippen LogP contribution in [-0.2, 0) is 11.2 Å². The monoisotopic (exact) mass is 309 g/mol. The van der Waals surface area contributed by atoms with E-state index in [2.05, 4.69) is 22.4 Å². The Hall–Kier alpha value is -2.20. The number of carbonyl (C=O) groups excluding carboxylic acids is 1. The molecule has 2 atom stereocenters. The van der Waals surface area contributed by atoms with Crippen molar-refractivity contribution in [3.8, 4) is 0 Å². The highest BCUT2D eigenvalue weighted by Crippen LogP contribution is 2.31. The third-order valence-corrected chi connectivity index (χ3v) is 4.68. The first-order valence-corrected chi connectivity index (χ1v) is 8.25. The highest BCUT2D eigenvalue weighted by molar-refractivity contribution is 5.92. The molecule has 1 saturated carbocycles. The number of nitrogens with one attached hydrogen (secondary N) is 1. The van der Waals surface area contributed by atoms with Gasteiger partial charge in [0, 0.05) is 24.0 Å². The summed E-state index contributed by atoms with van der Waals surface area (Å²) in [5.41, 5.74) is 9.07. The summed E-state index contributed by atoms with van der Waals surface area (Å²) in [4.78, 5) is 16.4. The second kappa shape index (κ2) is 7.38. The van der Waals surface area contributed by atoms with Crippen LogP contribution in [0.3, 0.4) is 0 Å². The van der Waals surface area contributed by atoms with Crippen molar-refractivity contribution in [1.82, 2.24) is 4.98 Å². The molecule has 4 nitrogen and oxygen atoms in total. The Morgan fingerprint density at radius 3 is 2.48 bits per heavy atom. The van der Waals surface area contributed by atoms with Crippen molar-refractivity contribution in [2.75, 3.05) is 11.9 Å². The van der Waals surface area contributed by atoms with Gasteiger partial charge < -0.3 is 11.1 Å². The van der Waals surface area contributed by atoms with E-state index in [0.717, 1.165) is 31.4 Å². The van der Waals surface area contributed by atoms with Crippen LogP contribution in [0.4, 0.5) is 5.69 Å². The fourth-order valence-electron chi connectivity index (χ4n) is 3.34. The Bertz CT molecular complexity index is 639. The van der Waals surface area contributed by atoms with Gasteiger partial charge in [-0.25, -0.2) is 0 Å². The lowest BCUT2D eigenvalue weighted by atomic mass is 9.95. The van der Waals surface area contributed by atoms with Gasteiger partial charge in [-0.15, -0.1) is 0 Å². The average Bonchev–Trinajstić information content (AvgIpc) is 3.06. The number of benzene rings is 1. The standard InChI is InChI=1S/C19H23N3O/c20-13-16-2-1-3-18(16)19(23)22-17-6-4-14(5-7-17)12-15-8-10-21-11-9-15/h4-11,16,18H,1-3,12-13,20H2,(H,22,23)/t16-,18-/m1/s1. The fraction of sp³-hybridized carbons (Fsp3) is 0.368. The van der Waals surface area contributed by atoms with Gasteiger partial charge in [0.1, 0.15) is 0 Å². The van der Waals surface area contributed by atoms with Gasteiger partial charge in [0.15, 0.2) is 0 Å². The third kappa shape index (κ3) is 3.96. The highest BCUT2D eigenvalue weighted by Gasteiger charge is 2.31. The van der Waals surface area contributed by atoms with Gasteiger partial charge >= 0.3 is 0 Å². The van der Waals surface area contributed by atoms with E-state index < -0.39 is 0 Å². The largest absolute Gasteiger partial charge is 0.330 e. The number of pyridine rings is 1. The number of carbonyl (C=O) groups is 1. The molecule has 0 radical (unpaired) electrons. The summed E-state index contributed by atoms with van der Waals surface area (Å²) in [5.74, 6) is 0.511. The van der Waals surface area contributed by atoms with Crippen LogP contribution in [0.1, 0.15) is 30.4 Å². The molecule has 1 aliphatic rings. The molecule has 0 bridgehead atoms. The first-order valence-electron chi connectivity index (χ1n) is 8.25. The van der Waals surface area contributed by atoms with Gasteiger partial charge in [0.2, 0.25) is 5.91 Å². The second-order valence-electron chi connectivity index (χ2n) is 6.25. The van der Waals surface area contributed by atoms with E-state index in [1.165, 1.54) is 11.1 Å². The Labute approximate surface area is 137 Å². The molecule has 0 unspecified atom stereocenters. The maximum atomic E-state index is 12.4. The number of anilines is 1. The van der Waals surface area contributed by atoms with E-state index in [4.69, 9.17) is 5.73 Å². The van der Waals surface area contributed by atoms with E-state index in [1.54, 1.807) is 12.4 Å². The molecule has 1 aromatic heterocycles. The summed E-state index contributed by atoms with van der Waals surface area (Å²) in [5, 5.41) is 3.03. The van der Waals surface area contributed by atoms with E-state index >= 15 is 0 Å². The minimum atomic E-state index is 0.0662. The molecular formula is C19H23N3O. The molecule has 1 aromatic carbocycles. The Kier molecular flexibility index (Phi) is 5.03. The summed E-state index contributed by atoms with van der Waals surface area (Å²) < 4.78 is 0. The summed E-state index contributed by atoms with van der Waals surface area (Å²) in [6.45, 7) is 0.600. The zero-order chi connectivity index (χ0) is 16.1. The number of aromatic nitrogens is 1. The first-order chi connectivity index (χ1) is 11.3. The highest BCUT2D eigenvalue weighted by atomic mass is 16.1. The van der Waals surface area contributed by atoms with Gasteiger partial charge in [-0.2, -0.15) is 0 Å². The van der Waals surface area contributed by atoms with Crippen molar-refractivity contribution in [1.29, 1.82) is 0 Å². The number of hydrogen-bond acceptors (Lipinski definition) is 3. The summed E-state index contributed by atoms with van der Waals surface area (Å²) in [7, 11) is 0. The van der Waals surface area contributed by atoms with Crippen LogP contribution < -0.4 is 11.1 Å². The van der Waals surface area contributed by atoms with Gasteiger partial charge in [-0.1, -0.05) is 18.6 Å². The zero-order valence-corrected chi connectivity index (χ0v) is 13.2. The number of hydrogen-bond donors (Lipinski definition) is 2. The van der Waals surface area contributed by atoms with E-state index in [0.29, 0.717) is 12.5 Å². The molecule has 23 heavy (non-hydrogen) atoms. The zero-order valence-electron chi connectivity index (χ0n) is 13.2. The van der Waals surface area contributed by atoms with Crippen LogP contribution in [0.25, 0.3) is 0 Å². The molecule has 0 spiro atoms. The normalized spacial score (nSPS) is 20.4. The van der Waals surface area contributed by atoms with Crippen LogP contribution >= 0.6 is 0 Å². The number of rotatable bonds is 5. The van der Waals surface area contributed by atoms with Gasteiger partial charge in [0.25, 0.3) is 0 Å². The van der Waals surface area contributed by atoms with E-state index in [-0.39, 0.29) is 11.8 Å². The van der Waals surface area contributed by atoms with Gasteiger partial charge in [-0.3, -0.25) is 9.78 Å². The minimum absolute atomic E-state index is 0.0662. The van der Waals surface area contributed by atoms with Crippen LogP contribution in [-0.4, -0.2) is 17.4 Å². The molecule has 1 aliphatic carbocycles. The van der Waals surface area contributed by atoms with Crippen LogP contribution in [0.15, 0.2) is 48.8 Å². The van der Waals surface area contributed by atoms with Crippen molar-refractivity contribution < 1.29 is 4.79 Å². The molecule has 120 valence electrons. The fourth-order valence-corrected chi connectivity index (χ4v) is 3.34. The van der Waals surface area contributed by atoms with Crippen molar-refractivity contribution in [3.63, 3.8) is 0 Å². The lowest BCUT2D eigenvalue weighted by molar-refractivity contribution is -0.120. The van der Waals surface area contributed by atoms with Crippen LogP contribution in [0.5, 0.6) is 0 Å². The predicted octanol–water partition coefficient (Wildman–Crippen LogP) is 2.99.